The number of aromatic nitrogens is 1. The number of esters is 1. The van der Waals surface area contributed by atoms with Gasteiger partial charge < -0.3 is 19.2 Å². The number of hydrogen-bond acceptors (Lipinski definition) is 6. The van der Waals surface area contributed by atoms with Crippen LogP contribution < -0.4 is 10.1 Å². The number of nitrogens with zero attached hydrogens (tertiary/aromatic N) is 1. The summed E-state index contributed by atoms with van der Waals surface area (Å²) >= 11 is 0. The van der Waals surface area contributed by atoms with Crippen LogP contribution in [-0.4, -0.2) is 30.0 Å². The number of rotatable bonds is 8. The Morgan fingerprint density at radius 1 is 1.13 bits per heavy atom. The van der Waals surface area contributed by atoms with Crippen LogP contribution in [0.1, 0.15) is 23.9 Å². The summed E-state index contributed by atoms with van der Waals surface area (Å²) < 4.78 is 16.0. The maximum absolute atomic E-state index is 12.3. The van der Waals surface area contributed by atoms with Crippen molar-refractivity contribution in [1.82, 2.24) is 10.3 Å². The lowest BCUT2D eigenvalue weighted by molar-refractivity contribution is -0.148. The second kappa shape index (κ2) is 10.2. The molecule has 2 aromatic carbocycles. The van der Waals surface area contributed by atoms with Crippen molar-refractivity contribution >= 4 is 18.0 Å². The molecule has 0 radical (unpaired) electrons. The van der Waals surface area contributed by atoms with Gasteiger partial charge in [0.1, 0.15) is 29.9 Å². The Kier molecular flexibility index (Phi) is 7.22. The third-order valence-electron chi connectivity index (χ3n) is 4.52. The second-order valence-corrected chi connectivity index (χ2v) is 6.83. The van der Waals surface area contributed by atoms with E-state index in [2.05, 4.69) is 10.3 Å². The fourth-order valence-corrected chi connectivity index (χ4v) is 2.74. The van der Waals surface area contributed by atoms with E-state index < -0.39 is 17.9 Å². The summed E-state index contributed by atoms with van der Waals surface area (Å²) in [5, 5.41) is 2.59. The average Bonchev–Trinajstić information content (AvgIpc) is 3.17. The Labute approximate surface area is 180 Å². The van der Waals surface area contributed by atoms with Crippen LogP contribution in [-0.2, 0) is 20.9 Å². The quantitative estimate of drug-likeness (QED) is 0.439. The van der Waals surface area contributed by atoms with E-state index in [1.165, 1.54) is 6.08 Å². The van der Waals surface area contributed by atoms with E-state index in [1.54, 1.807) is 39.2 Å². The van der Waals surface area contributed by atoms with Crippen molar-refractivity contribution in [3.63, 3.8) is 0 Å². The maximum Gasteiger partial charge on any atom is 0.328 e. The first-order chi connectivity index (χ1) is 15.0. The zero-order valence-electron chi connectivity index (χ0n) is 17.6. The maximum atomic E-state index is 12.3. The smallest absolute Gasteiger partial charge is 0.328 e. The van der Waals surface area contributed by atoms with Crippen molar-refractivity contribution in [2.45, 2.75) is 26.5 Å². The van der Waals surface area contributed by atoms with Crippen LogP contribution in [0.3, 0.4) is 0 Å². The van der Waals surface area contributed by atoms with Crippen molar-refractivity contribution in [2.75, 3.05) is 7.11 Å². The monoisotopic (exact) mass is 420 g/mol. The Bertz CT molecular complexity index is 1060. The number of hydrogen-bond donors (Lipinski definition) is 1. The van der Waals surface area contributed by atoms with Gasteiger partial charge in [-0.15, -0.1) is 0 Å². The molecule has 1 atom stereocenters. The van der Waals surface area contributed by atoms with Crippen LogP contribution in [0.5, 0.6) is 5.75 Å². The van der Waals surface area contributed by atoms with E-state index in [0.717, 1.165) is 16.9 Å². The number of carbonyl (C=O) groups excluding carboxylic acids is 2. The lowest BCUT2D eigenvalue weighted by Crippen LogP contribution is -2.38. The fraction of sp³-hybridized carbons (Fsp3) is 0.208. The predicted octanol–water partition coefficient (Wildman–Crippen LogP) is 3.92. The van der Waals surface area contributed by atoms with E-state index >= 15 is 0 Å². The van der Waals surface area contributed by atoms with Crippen LogP contribution in [0.15, 0.2) is 65.1 Å². The van der Waals surface area contributed by atoms with E-state index in [4.69, 9.17) is 13.9 Å². The molecule has 0 aliphatic heterocycles. The molecule has 0 aliphatic rings. The van der Waals surface area contributed by atoms with Crippen molar-refractivity contribution < 1.29 is 23.5 Å². The highest BCUT2D eigenvalue weighted by Gasteiger charge is 2.18. The predicted molar refractivity (Wildman–Crippen MR) is 116 cm³/mol. The Morgan fingerprint density at radius 2 is 1.84 bits per heavy atom. The molecule has 0 bridgehead atoms. The van der Waals surface area contributed by atoms with Crippen LogP contribution in [0.4, 0.5) is 0 Å². The molecule has 0 fully saturated rings. The van der Waals surface area contributed by atoms with E-state index in [-0.39, 0.29) is 6.61 Å². The minimum absolute atomic E-state index is 0.0388. The lowest BCUT2D eigenvalue weighted by Gasteiger charge is -2.11. The highest BCUT2D eigenvalue weighted by molar-refractivity contribution is 5.94. The SMILES string of the molecule is COc1ccc(/C=C/C(=O)N[C@@H](C)C(=O)OCc2nc(-c3ccccc3)oc2C)cc1. The van der Waals surface area contributed by atoms with Crippen LogP contribution >= 0.6 is 0 Å². The zero-order valence-corrected chi connectivity index (χ0v) is 17.6. The number of aryl methyl sites for hydroxylation is 1. The molecule has 31 heavy (non-hydrogen) atoms. The average molecular weight is 420 g/mol. The third-order valence-corrected chi connectivity index (χ3v) is 4.52. The summed E-state index contributed by atoms with van der Waals surface area (Å²) in [6, 6.07) is 15.9. The summed E-state index contributed by atoms with van der Waals surface area (Å²) in [4.78, 5) is 28.7. The summed E-state index contributed by atoms with van der Waals surface area (Å²) in [5.41, 5.74) is 2.21. The fourth-order valence-electron chi connectivity index (χ4n) is 2.74. The van der Waals surface area contributed by atoms with Crippen LogP contribution in [0, 0.1) is 6.92 Å². The molecule has 7 nitrogen and oxygen atoms in total. The first-order valence-electron chi connectivity index (χ1n) is 9.77. The van der Waals surface area contributed by atoms with Gasteiger partial charge in [-0.3, -0.25) is 4.79 Å². The number of amides is 1. The van der Waals surface area contributed by atoms with Gasteiger partial charge in [0.25, 0.3) is 0 Å². The van der Waals surface area contributed by atoms with Gasteiger partial charge in [0.05, 0.1) is 7.11 Å². The molecule has 1 N–H and O–H groups in total. The zero-order chi connectivity index (χ0) is 22.2. The first-order valence-corrected chi connectivity index (χ1v) is 9.77. The third kappa shape index (κ3) is 6.05. The molecule has 3 rings (SSSR count). The first kappa shape index (κ1) is 21.8. The standard InChI is InChI=1S/C24H24N2O5/c1-16(25-22(27)14-11-18-9-12-20(29-3)13-10-18)24(28)30-15-21-17(2)31-23(26-21)19-7-5-4-6-8-19/h4-14,16H,15H2,1-3H3,(H,25,27)/b14-11+/t16-/m0/s1. The highest BCUT2D eigenvalue weighted by Crippen LogP contribution is 2.21. The molecule has 0 saturated carbocycles. The summed E-state index contributed by atoms with van der Waals surface area (Å²) in [5.74, 6) is 0.815. The van der Waals surface area contributed by atoms with Crippen molar-refractivity contribution in [3.8, 4) is 17.2 Å². The number of ether oxygens (including phenoxy) is 2. The molecule has 1 amide bonds. The van der Waals surface area contributed by atoms with Gasteiger partial charge in [0.15, 0.2) is 0 Å². The number of methoxy groups -OCH3 is 1. The Hall–Kier alpha value is -3.87. The van der Waals surface area contributed by atoms with Crippen molar-refractivity contribution in [3.05, 3.63) is 77.7 Å². The molecular weight excluding hydrogens is 396 g/mol. The molecular formula is C24H24N2O5. The van der Waals surface area contributed by atoms with Crippen molar-refractivity contribution in [1.29, 1.82) is 0 Å². The molecule has 1 aromatic heterocycles. The molecule has 1 heterocycles. The molecule has 0 spiro atoms. The van der Waals surface area contributed by atoms with Gasteiger partial charge >= 0.3 is 5.97 Å². The van der Waals surface area contributed by atoms with E-state index in [9.17, 15) is 9.59 Å². The molecule has 0 saturated heterocycles. The van der Waals surface area contributed by atoms with E-state index in [1.807, 2.05) is 42.5 Å². The minimum Gasteiger partial charge on any atom is -0.497 e. The van der Waals surface area contributed by atoms with Crippen LogP contribution in [0.25, 0.3) is 17.5 Å². The second-order valence-electron chi connectivity index (χ2n) is 6.83. The lowest BCUT2D eigenvalue weighted by atomic mass is 10.2. The molecule has 0 aliphatic carbocycles. The molecule has 160 valence electrons. The Morgan fingerprint density at radius 3 is 2.52 bits per heavy atom. The topological polar surface area (TPSA) is 90.7 Å². The minimum atomic E-state index is -0.811. The summed E-state index contributed by atoms with van der Waals surface area (Å²) in [7, 11) is 1.59. The van der Waals surface area contributed by atoms with Gasteiger partial charge in [-0.2, -0.15) is 0 Å². The van der Waals surface area contributed by atoms with Gasteiger partial charge in [0, 0.05) is 11.6 Å². The van der Waals surface area contributed by atoms with Crippen LogP contribution in [0.2, 0.25) is 0 Å². The molecule has 3 aromatic rings. The number of benzene rings is 2. The molecule has 0 unspecified atom stereocenters. The van der Waals surface area contributed by atoms with Crippen molar-refractivity contribution in [2.24, 2.45) is 0 Å². The van der Waals surface area contributed by atoms with E-state index in [0.29, 0.717) is 17.3 Å². The number of carbonyl (C=O) groups is 2. The summed E-state index contributed by atoms with van der Waals surface area (Å²) in [6.45, 7) is 3.28. The number of nitrogens with one attached hydrogen (secondary N) is 1. The van der Waals surface area contributed by atoms with Gasteiger partial charge in [0.2, 0.25) is 11.8 Å². The Balaban J connectivity index is 1.50. The normalized spacial score (nSPS) is 11.8. The highest BCUT2D eigenvalue weighted by atomic mass is 16.5. The van der Waals surface area contributed by atoms with Gasteiger partial charge in [-0.1, -0.05) is 30.3 Å². The van der Waals surface area contributed by atoms with Gasteiger partial charge in [-0.25, -0.2) is 9.78 Å². The molecule has 7 heteroatoms. The largest absolute Gasteiger partial charge is 0.497 e. The summed E-state index contributed by atoms with van der Waals surface area (Å²) in [6.07, 6.45) is 3.01. The number of oxazole rings is 1. The van der Waals surface area contributed by atoms with Gasteiger partial charge in [-0.05, 0) is 49.8 Å².